The lowest BCUT2D eigenvalue weighted by Crippen LogP contribution is -2.54. The number of amides is 3. The van der Waals surface area contributed by atoms with E-state index in [1.807, 2.05) is 0 Å². The quantitative estimate of drug-likeness (QED) is 0.00850. The van der Waals surface area contributed by atoms with E-state index >= 15 is 18.3 Å². The molecule has 734 valence electrons. The van der Waals surface area contributed by atoms with Gasteiger partial charge in [0.1, 0.15) is 36.0 Å². The maximum Gasteiger partial charge on any atom is 0.351 e. The van der Waals surface area contributed by atoms with E-state index in [2.05, 4.69) is 60.5 Å². The fourth-order valence-electron chi connectivity index (χ4n) is 15.6. The Bertz CT molecular complexity index is 6050. The number of nitrogens with zero attached hydrogens (tertiary/aromatic N) is 22. The lowest BCUT2D eigenvalue weighted by atomic mass is 10.1. The number of ether oxygens (including phenoxy) is 5. The van der Waals surface area contributed by atoms with Crippen molar-refractivity contribution in [1.82, 2.24) is 125 Å². The van der Waals surface area contributed by atoms with Gasteiger partial charge >= 0.3 is 47.8 Å². The van der Waals surface area contributed by atoms with E-state index < -0.39 is 209 Å². The second-order valence-corrected chi connectivity index (χ2v) is 47.1. The van der Waals surface area contributed by atoms with Gasteiger partial charge in [0.05, 0.1) is 109 Å². The number of aromatic nitrogens is 14. The predicted molar refractivity (Wildman–Crippen MR) is 482 cm³/mol. The van der Waals surface area contributed by atoms with Crippen molar-refractivity contribution in [2.45, 2.75) is 121 Å². The summed E-state index contributed by atoms with van der Waals surface area (Å²) in [6.45, 7) is 1.44. The van der Waals surface area contributed by atoms with Crippen molar-refractivity contribution in [3.63, 3.8) is 0 Å². The maximum atomic E-state index is 16.5. The number of nitrogen functional groups attached to an aromatic ring is 3. The molecule has 56 nitrogen and oxygen atoms in total. The molecule has 12 heterocycles. The van der Waals surface area contributed by atoms with Crippen LogP contribution in [-0.4, -0.2) is 363 Å². The Labute approximate surface area is 761 Å². The summed E-state index contributed by atoms with van der Waals surface area (Å²) in [6, 6.07) is 0.258. The molecule has 12 rings (SSSR count). The van der Waals surface area contributed by atoms with Crippen LogP contribution in [0.4, 0.5) is 17.6 Å². The summed E-state index contributed by atoms with van der Waals surface area (Å²) in [5, 5.41) is 5.21. The molecule has 5 unspecified atom stereocenters. The highest BCUT2D eigenvalue weighted by Crippen LogP contribution is 2.61. The first-order chi connectivity index (χ1) is 62.6. The van der Waals surface area contributed by atoms with E-state index in [0.29, 0.717) is 0 Å². The molecule has 0 bridgehead atoms. The number of carbonyl (C=O) groups is 3. The molecular weight excluding hydrogens is 1850 g/mol. The standard InChI is InChI=1S/C72H117N32O24P5/c1-42(2)129(114,90(6)7)119-34-47-25-97(31-56(126-47)101-22-43(3)64(107)88-71(101)112)131(116,92(10)11)121-36-48-26-96(30-55(125-48)100-20-18-52(73)85-70(100)111)130(115,91(8)9)122-37-49-27-98(32-57(127-49)102-23-44(4)65(108)89-72(102)113)132(117,93(12)13)123-38-50-28-99(33-58(128-50)104-41-83-60-63(104)86-69(77)87-67(60)110)133(118,94(14)15)120-35-46-24-95(29-54(124-46)103-40-82-59-61(74)80-39-81-62(59)103)53(106)21-79-66(109)51(84-45(5)105)17-16-19-78-68(75)76/h18,20,22-23,39-42,46-51,54-58H,16-17,19,21,24-38H2,1-15H3,(H,79,109)(H,84,105)(H2,73,85,111)(H2,74,80,81)(H4,75,76,78)(H,88,107,112)(H,89,108,113)(H3,77,86,87,110)/t46-,47-,48-,49-,50-,51-,54+,55+,56+,57+,58+,129?,130?,131?,132?,133?/m0/s1. The normalized spacial score (nSPS) is 24.2. The van der Waals surface area contributed by atoms with Crippen LogP contribution in [-0.2, 0) is 83.5 Å². The highest BCUT2D eigenvalue weighted by molar-refractivity contribution is 7.57. The molecule has 61 heteroatoms. The van der Waals surface area contributed by atoms with Crippen LogP contribution < -0.4 is 73.0 Å². The third kappa shape index (κ3) is 23.1. The van der Waals surface area contributed by atoms with E-state index in [1.165, 1.54) is 177 Å². The average molecular weight is 1970 g/mol. The summed E-state index contributed by atoms with van der Waals surface area (Å²) in [7, 11) is -6.55. The van der Waals surface area contributed by atoms with Crippen LogP contribution in [0, 0.1) is 13.8 Å². The number of H-pyrrole nitrogens is 3. The van der Waals surface area contributed by atoms with Gasteiger partial charge in [0.25, 0.3) is 24.2 Å². The van der Waals surface area contributed by atoms with Gasteiger partial charge in [-0.2, -0.15) is 9.97 Å². The van der Waals surface area contributed by atoms with Gasteiger partial charge in [-0.05, 0) is 103 Å². The first-order valence-electron chi connectivity index (χ1n) is 42.1. The number of rotatable bonds is 38. The number of hydrogen-bond donors (Lipinski definition) is 10. The number of hydrogen-bond acceptors (Lipinski definition) is 34. The molecule has 7 aromatic heterocycles. The minimum atomic E-state index is -4.58. The predicted octanol–water partition coefficient (Wildman–Crippen LogP) is -2.20. The molecule has 0 radical (unpaired) electrons. The van der Waals surface area contributed by atoms with Crippen LogP contribution in [0.3, 0.4) is 0 Å². The summed E-state index contributed by atoms with van der Waals surface area (Å²) in [5.41, 5.74) is 24.5. The van der Waals surface area contributed by atoms with Gasteiger partial charge < -0.3 is 90.5 Å². The number of guanidine groups is 1. The van der Waals surface area contributed by atoms with E-state index in [4.69, 9.17) is 75.0 Å². The molecule has 133 heavy (non-hydrogen) atoms. The van der Waals surface area contributed by atoms with E-state index in [9.17, 15) is 47.7 Å². The zero-order chi connectivity index (χ0) is 97.0. The van der Waals surface area contributed by atoms with Gasteiger partial charge in [-0.25, -0.2) is 76.4 Å². The fourth-order valence-corrected chi connectivity index (χ4v) is 25.4. The molecular formula is C72H117N32O24P5. The van der Waals surface area contributed by atoms with Gasteiger partial charge in [-0.1, -0.05) is 13.8 Å². The number of nitrogens with one attached hydrogen (secondary N) is 5. The smallest absolute Gasteiger partial charge is 0.351 e. The third-order valence-electron chi connectivity index (χ3n) is 22.4. The molecule has 16 atom stereocenters. The average Bonchev–Trinajstić information content (AvgIpc) is 1.76. The van der Waals surface area contributed by atoms with Crippen LogP contribution in [0.5, 0.6) is 0 Å². The van der Waals surface area contributed by atoms with E-state index in [0.717, 1.165) is 13.7 Å². The molecule has 0 saturated carbocycles. The lowest BCUT2D eigenvalue weighted by molar-refractivity contribution is -0.158. The molecule has 7 aromatic rings. The zero-order valence-electron chi connectivity index (χ0n) is 76.2. The number of imidazole rings is 2. The minimum Gasteiger partial charge on any atom is -0.383 e. The highest BCUT2D eigenvalue weighted by atomic mass is 31.2. The molecule has 5 saturated heterocycles. The van der Waals surface area contributed by atoms with Crippen LogP contribution in [0.15, 0.2) is 77.4 Å². The number of morpholine rings is 5. The minimum absolute atomic E-state index is 0.0399. The van der Waals surface area contributed by atoms with Gasteiger partial charge in [-0.15, -0.1) is 0 Å². The zero-order valence-corrected chi connectivity index (χ0v) is 80.6. The number of fused-ring (bicyclic) bond motifs is 2. The summed E-state index contributed by atoms with van der Waals surface area (Å²) >= 11 is 0. The number of nitrogens with two attached hydrogens (primary N) is 5. The Morgan fingerprint density at radius 3 is 1.38 bits per heavy atom. The Morgan fingerprint density at radius 1 is 0.526 bits per heavy atom. The molecule has 5 aliphatic heterocycles. The maximum absolute atomic E-state index is 16.5. The molecule has 15 N–H and O–H groups in total. The largest absolute Gasteiger partial charge is 0.383 e. The number of aromatic amines is 3. The summed E-state index contributed by atoms with van der Waals surface area (Å²) in [6.07, 6.45) is -4.41. The molecule has 0 spiro atoms. The number of aryl methyl sites for hydroxylation is 2. The first-order valence-corrected chi connectivity index (χ1v) is 49.8. The van der Waals surface area contributed by atoms with Crippen molar-refractivity contribution in [3.8, 4) is 0 Å². The van der Waals surface area contributed by atoms with Gasteiger partial charge in [0.15, 0.2) is 53.5 Å². The lowest BCUT2D eigenvalue weighted by Gasteiger charge is -2.46. The second-order valence-electron chi connectivity index (χ2n) is 33.5. The first kappa shape index (κ1) is 103. The van der Waals surface area contributed by atoms with Crippen molar-refractivity contribution in [2.75, 3.05) is 199 Å². The Kier molecular flexibility index (Phi) is 32.8. The molecule has 5 fully saturated rings. The molecule has 0 aromatic carbocycles. The van der Waals surface area contributed by atoms with Gasteiger partial charge in [0.2, 0.25) is 23.7 Å². The Morgan fingerprint density at radius 2 is 0.947 bits per heavy atom. The second kappa shape index (κ2) is 42.5. The van der Waals surface area contributed by atoms with Crippen LogP contribution in [0.2, 0.25) is 0 Å². The van der Waals surface area contributed by atoms with Crippen molar-refractivity contribution in [2.24, 2.45) is 16.5 Å². The van der Waals surface area contributed by atoms with Crippen molar-refractivity contribution in [3.05, 3.63) is 117 Å². The van der Waals surface area contributed by atoms with Crippen LogP contribution in [0.25, 0.3) is 22.3 Å². The summed E-state index contributed by atoms with van der Waals surface area (Å²) in [5.74, 6) is -2.36. The molecule has 0 aliphatic carbocycles. The number of aliphatic imine (C=N–C) groups is 1. The van der Waals surface area contributed by atoms with Gasteiger partial charge in [0, 0.05) is 81.6 Å². The number of carbonyl (C=O) groups excluding carboxylic acids is 3. The summed E-state index contributed by atoms with van der Waals surface area (Å²) in [4.78, 5) is 159. The van der Waals surface area contributed by atoms with Crippen molar-refractivity contribution >= 4 is 102 Å². The number of anilines is 3. The van der Waals surface area contributed by atoms with Crippen LogP contribution >= 0.6 is 38.2 Å². The van der Waals surface area contributed by atoms with E-state index in [-0.39, 0.29) is 135 Å². The monoisotopic (exact) mass is 1970 g/mol. The van der Waals surface area contributed by atoms with E-state index in [1.54, 1.807) is 27.9 Å². The fraction of sp³-hybridized carbons (Fsp3) is 0.639. The molecule has 5 aliphatic rings. The topological polar surface area (TPSA) is 680 Å². The third-order valence-corrected chi connectivity index (χ3v) is 35.5. The molecule has 3 amide bonds. The highest BCUT2D eigenvalue weighted by Gasteiger charge is 2.51. The van der Waals surface area contributed by atoms with Crippen molar-refractivity contribution < 1.29 is 83.5 Å². The Hall–Kier alpha value is -9.39. The van der Waals surface area contributed by atoms with Crippen LogP contribution in [0.1, 0.15) is 75.9 Å². The summed E-state index contributed by atoms with van der Waals surface area (Å²) < 4.78 is 164. The SMILES string of the molecule is CC(=O)N[C@@H](CCCN=C(N)N)C(=O)NCC(=O)N1C[C@@H](COP(=O)(N(C)C)N2C[C@@H](COP(=O)(N(C)C)N3C[C@@H](COP(=O)(N(C)C)N4C[C@@H](COP(=O)(N(C)C)N5C[C@@H](COP(=O)(C(C)C)N(C)C)O[C@@H](n6cc(C)c(=O)[nH]c6=O)C5)O[C@@H](n5ccc(N)nc5=O)C4)O[C@@H](n4cc(C)c(=O)[nH]c4=O)C3)O[C@@H](n3cnc4c(=O)[nH]c(N)nc43)C2)O[C@@H](n2cnc3c(N)ncnc32)C1. The Balaban J connectivity index is 0.820. The van der Waals surface area contributed by atoms with Gasteiger partial charge in [-0.3, -0.25) is 94.4 Å². The van der Waals surface area contributed by atoms with Crippen molar-refractivity contribution in [1.29, 1.82) is 0 Å².